The molecule has 3 N–H and O–H groups in total. The van der Waals surface area contributed by atoms with Crippen molar-refractivity contribution in [3.63, 3.8) is 0 Å². The van der Waals surface area contributed by atoms with Crippen molar-refractivity contribution in [2.24, 2.45) is 0 Å². The summed E-state index contributed by atoms with van der Waals surface area (Å²) < 4.78 is 5.09. The first-order chi connectivity index (χ1) is 13.7. The molecule has 0 atom stereocenters. The Morgan fingerprint density at radius 1 is 1.14 bits per heavy atom. The molecule has 2 aromatic rings. The van der Waals surface area contributed by atoms with Crippen molar-refractivity contribution in [2.75, 3.05) is 26.7 Å². The first-order valence-electron chi connectivity index (χ1n) is 9.81. The average Bonchev–Trinajstić information content (AvgIpc) is 2.73. The predicted molar refractivity (Wildman–Crippen MR) is 110 cm³/mol. The number of phenols is 1. The molecule has 0 bridgehead atoms. The molecule has 0 spiro atoms. The van der Waals surface area contributed by atoms with Crippen molar-refractivity contribution in [1.29, 1.82) is 0 Å². The lowest BCUT2D eigenvalue weighted by atomic mass is 10.0. The summed E-state index contributed by atoms with van der Waals surface area (Å²) >= 11 is 0. The summed E-state index contributed by atoms with van der Waals surface area (Å²) in [6, 6.07) is 15.8. The predicted octanol–water partition coefficient (Wildman–Crippen LogP) is 2.91. The SMILES string of the molecule is COc1cccc(CNC(=O)NC2CCN(CCc3ccccc3)CC2)c1O. The molecule has 150 valence electrons. The fraction of sp³-hybridized carbons (Fsp3) is 0.409. The average molecular weight is 383 g/mol. The third-order valence-corrected chi connectivity index (χ3v) is 5.22. The number of methoxy groups -OCH3 is 1. The molecule has 1 saturated heterocycles. The molecule has 0 aromatic heterocycles. The van der Waals surface area contributed by atoms with E-state index in [1.807, 2.05) is 6.07 Å². The van der Waals surface area contributed by atoms with Crippen LogP contribution in [0.3, 0.4) is 0 Å². The van der Waals surface area contributed by atoms with E-state index >= 15 is 0 Å². The van der Waals surface area contributed by atoms with Crippen LogP contribution in [0.15, 0.2) is 48.5 Å². The Morgan fingerprint density at radius 2 is 1.89 bits per heavy atom. The number of amides is 2. The van der Waals surface area contributed by atoms with Crippen LogP contribution in [0.4, 0.5) is 4.79 Å². The van der Waals surface area contributed by atoms with Gasteiger partial charge in [0.05, 0.1) is 7.11 Å². The van der Waals surface area contributed by atoms with Crippen LogP contribution < -0.4 is 15.4 Å². The molecular formula is C22H29N3O3. The molecule has 2 aromatic carbocycles. The zero-order valence-corrected chi connectivity index (χ0v) is 16.4. The van der Waals surface area contributed by atoms with E-state index in [9.17, 15) is 9.90 Å². The zero-order chi connectivity index (χ0) is 19.8. The lowest BCUT2D eigenvalue weighted by Crippen LogP contribution is -2.48. The minimum Gasteiger partial charge on any atom is -0.504 e. The summed E-state index contributed by atoms with van der Waals surface area (Å²) in [5.74, 6) is 0.472. The van der Waals surface area contributed by atoms with Crippen LogP contribution >= 0.6 is 0 Å². The van der Waals surface area contributed by atoms with Gasteiger partial charge in [-0.25, -0.2) is 4.79 Å². The third-order valence-electron chi connectivity index (χ3n) is 5.22. The van der Waals surface area contributed by atoms with Crippen molar-refractivity contribution < 1.29 is 14.6 Å². The maximum absolute atomic E-state index is 12.2. The van der Waals surface area contributed by atoms with Crippen molar-refractivity contribution in [2.45, 2.75) is 31.8 Å². The fourth-order valence-corrected chi connectivity index (χ4v) is 3.52. The summed E-state index contributed by atoms with van der Waals surface area (Å²) in [5.41, 5.74) is 1.99. The molecule has 0 saturated carbocycles. The van der Waals surface area contributed by atoms with Gasteiger partial charge in [0.2, 0.25) is 0 Å². The number of benzene rings is 2. The molecule has 1 aliphatic heterocycles. The Labute approximate surface area is 166 Å². The van der Waals surface area contributed by atoms with Gasteiger partial charge in [-0.15, -0.1) is 0 Å². The van der Waals surface area contributed by atoms with Crippen LogP contribution in [0.1, 0.15) is 24.0 Å². The number of nitrogens with one attached hydrogen (secondary N) is 2. The highest BCUT2D eigenvalue weighted by molar-refractivity contribution is 5.74. The number of phenolic OH excluding ortho intramolecular Hbond substituents is 1. The Balaban J connectivity index is 1.37. The number of para-hydroxylation sites is 1. The summed E-state index contributed by atoms with van der Waals surface area (Å²) in [4.78, 5) is 14.6. The molecule has 1 fully saturated rings. The van der Waals surface area contributed by atoms with Gasteiger partial charge in [-0.1, -0.05) is 42.5 Å². The molecule has 6 heteroatoms. The molecule has 0 unspecified atom stereocenters. The molecular weight excluding hydrogens is 354 g/mol. The minimum absolute atomic E-state index is 0.0667. The van der Waals surface area contributed by atoms with Gasteiger partial charge >= 0.3 is 6.03 Å². The maximum atomic E-state index is 12.2. The first kappa shape index (κ1) is 20.0. The van der Waals surface area contributed by atoms with Gasteiger partial charge in [-0.2, -0.15) is 0 Å². The van der Waals surface area contributed by atoms with E-state index in [0.29, 0.717) is 11.3 Å². The van der Waals surface area contributed by atoms with Crippen molar-refractivity contribution >= 4 is 6.03 Å². The number of rotatable bonds is 7. The summed E-state index contributed by atoms with van der Waals surface area (Å²) in [6.45, 7) is 3.30. The Morgan fingerprint density at radius 3 is 2.61 bits per heavy atom. The number of carbonyl (C=O) groups excluding carboxylic acids is 1. The van der Waals surface area contributed by atoms with Gasteiger partial charge in [-0.3, -0.25) is 0 Å². The summed E-state index contributed by atoms with van der Waals surface area (Å²) in [7, 11) is 1.51. The Hall–Kier alpha value is -2.73. The van der Waals surface area contributed by atoms with Crippen LogP contribution in [0.2, 0.25) is 0 Å². The summed E-state index contributed by atoms with van der Waals surface area (Å²) in [6.07, 6.45) is 2.96. The van der Waals surface area contributed by atoms with E-state index in [0.717, 1.165) is 38.9 Å². The zero-order valence-electron chi connectivity index (χ0n) is 16.4. The second-order valence-electron chi connectivity index (χ2n) is 7.15. The number of hydrogen-bond acceptors (Lipinski definition) is 4. The van der Waals surface area contributed by atoms with E-state index in [1.165, 1.54) is 12.7 Å². The molecule has 6 nitrogen and oxygen atoms in total. The number of piperidine rings is 1. The lowest BCUT2D eigenvalue weighted by Gasteiger charge is -2.32. The molecule has 1 heterocycles. The highest BCUT2D eigenvalue weighted by atomic mass is 16.5. The first-order valence-corrected chi connectivity index (χ1v) is 9.81. The number of likely N-dealkylation sites (tertiary alicyclic amines) is 1. The third kappa shape index (κ3) is 5.63. The lowest BCUT2D eigenvalue weighted by molar-refractivity contribution is 0.193. The van der Waals surface area contributed by atoms with Crippen LogP contribution in [0, 0.1) is 0 Å². The number of nitrogens with zero attached hydrogens (tertiary/aromatic N) is 1. The monoisotopic (exact) mass is 383 g/mol. The normalized spacial score (nSPS) is 15.2. The van der Waals surface area contributed by atoms with E-state index < -0.39 is 0 Å². The number of urea groups is 1. The topological polar surface area (TPSA) is 73.8 Å². The van der Waals surface area contributed by atoms with E-state index in [-0.39, 0.29) is 24.4 Å². The van der Waals surface area contributed by atoms with Gasteiger partial charge in [0, 0.05) is 37.8 Å². The van der Waals surface area contributed by atoms with Gasteiger partial charge in [0.15, 0.2) is 11.5 Å². The second kappa shape index (κ2) is 9.99. The van der Waals surface area contributed by atoms with Gasteiger partial charge in [-0.05, 0) is 30.9 Å². The number of carbonyl (C=O) groups is 1. The Kier molecular flexibility index (Phi) is 7.14. The van der Waals surface area contributed by atoms with Crippen molar-refractivity contribution in [1.82, 2.24) is 15.5 Å². The number of aromatic hydroxyl groups is 1. The Bertz CT molecular complexity index is 759. The largest absolute Gasteiger partial charge is 0.504 e. The van der Waals surface area contributed by atoms with Gasteiger partial charge in [0.25, 0.3) is 0 Å². The molecule has 0 radical (unpaired) electrons. The smallest absolute Gasteiger partial charge is 0.315 e. The molecule has 28 heavy (non-hydrogen) atoms. The van der Waals surface area contributed by atoms with Gasteiger partial charge in [0.1, 0.15) is 0 Å². The molecule has 0 aliphatic carbocycles. The van der Waals surface area contributed by atoms with Crippen LogP contribution in [0.5, 0.6) is 11.5 Å². The van der Waals surface area contributed by atoms with E-state index in [2.05, 4.69) is 39.8 Å². The van der Waals surface area contributed by atoms with E-state index in [4.69, 9.17) is 4.74 Å². The number of ether oxygens (including phenoxy) is 1. The molecule has 1 aliphatic rings. The maximum Gasteiger partial charge on any atom is 0.315 e. The van der Waals surface area contributed by atoms with Crippen LogP contribution in [-0.2, 0) is 13.0 Å². The van der Waals surface area contributed by atoms with Crippen molar-refractivity contribution in [3.8, 4) is 11.5 Å². The van der Waals surface area contributed by atoms with Crippen LogP contribution in [-0.4, -0.2) is 48.8 Å². The van der Waals surface area contributed by atoms with Crippen molar-refractivity contribution in [3.05, 3.63) is 59.7 Å². The molecule has 2 amide bonds. The fourth-order valence-electron chi connectivity index (χ4n) is 3.52. The molecule has 3 rings (SSSR count). The highest BCUT2D eigenvalue weighted by Crippen LogP contribution is 2.29. The quantitative estimate of drug-likeness (QED) is 0.687. The minimum atomic E-state index is -0.204. The number of hydrogen-bond donors (Lipinski definition) is 3. The second-order valence-corrected chi connectivity index (χ2v) is 7.15. The summed E-state index contributed by atoms with van der Waals surface area (Å²) in [5, 5.41) is 15.9. The van der Waals surface area contributed by atoms with Crippen LogP contribution in [0.25, 0.3) is 0 Å². The van der Waals surface area contributed by atoms with Gasteiger partial charge < -0.3 is 25.4 Å². The highest BCUT2D eigenvalue weighted by Gasteiger charge is 2.20. The standard InChI is InChI=1S/C22H29N3O3/c1-28-20-9-5-8-18(21(20)26)16-23-22(27)24-19-11-14-25(15-12-19)13-10-17-6-3-2-4-7-17/h2-9,19,26H,10-16H2,1H3,(H2,23,24,27). The van der Waals surface area contributed by atoms with E-state index in [1.54, 1.807) is 18.2 Å².